The van der Waals surface area contributed by atoms with Crippen molar-refractivity contribution in [2.75, 3.05) is 26.2 Å². The van der Waals surface area contributed by atoms with E-state index in [1.165, 1.54) is 0 Å². The summed E-state index contributed by atoms with van der Waals surface area (Å²) < 4.78 is 5.56. The number of carbonyl (C=O) groups excluding carboxylic acids is 1. The van der Waals surface area contributed by atoms with Crippen molar-refractivity contribution in [2.24, 2.45) is 5.73 Å². The molecule has 5 heteroatoms. The van der Waals surface area contributed by atoms with Crippen LogP contribution in [-0.2, 0) is 9.53 Å². The van der Waals surface area contributed by atoms with Gasteiger partial charge in [-0.1, -0.05) is 0 Å². The molecule has 0 aliphatic carbocycles. The average molecular weight is 230 g/mol. The Morgan fingerprint density at radius 2 is 2.31 bits per heavy atom. The molecule has 1 saturated heterocycles. The normalized spacial score (nSPS) is 24.7. The SMILES string of the molecule is CCN(CCCO)C(=O)C1CCC(CN)O1. The molecular weight excluding hydrogens is 208 g/mol. The molecule has 2 unspecified atom stereocenters. The topological polar surface area (TPSA) is 75.8 Å². The van der Waals surface area contributed by atoms with Crippen LogP contribution in [-0.4, -0.2) is 54.4 Å². The molecule has 0 aromatic heterocycles. The molecule has 16 heavy (non-hydrogen) atoms. The number of ether oxygens (including phenoxy) is 1. The fourth-order valence-corrected chi connectivity index (χ4v) is 1.95. The lowest BCUT2D eigenvalue weighted by Gasteiger charge is -2.23. The highest BCUT2D eigenvalue weighted by Crippen LogP contribution is 2.20. The number of hydrogen-bond donors (Lipinski definition) is 2. The number of aliphatic hydroxyl groups excluding tert-OH is 1. The summed E-state index contributed by atoms with van der Waals surface area (Å²) >= 11 is 0. The molecule has 1 heterocycles. The number of aliphatic hydroxyl groups is 1. The number of nitrogens with zero attached hydrogens (tertiary/aromatic N) is 1. The van der Waals surface area contributed by atoms with Crippen molar-refractivity contribution in [2.45, 2.75) is 38.4 Å². The highest BCUT2D eigenvalue weighted by molar-refractivity contribution is 5.81. The van der Waals surface area contributed by atoms with E-state index in [-0.39, 0.29) is 24.7 Å². The molecule has 0 radical (unpaired) electrons. The summed E-state index contributed by atoms with van der Waals surface area (Å²) in [5.74, 6) is 0.0342. The van der Waals surface area contributed by atoms with Gasteiger partial charge in [0, 0.05) is 26.2 Å². The molecule has 0 aromatic carbocycles. The van der Waals surface area contributed by atoms with Gasteiger partial charge in [-0.25, -0.2) is 0 Å². The number of likely N-dealkylation sites (N-methyl/N-ethyl adjacent to an activating group) is 1. The Kier molecular flexibility index (Phi) is 5.73. The van der Waals surface area contributed by atoms with E-state index in [0.717, 1.165) is 12.8 Å². The second kappa shape index (κ2) is 6.83. The molecule has 1 amide bonds. The summed E-state index contributed by atoms with van der Waals surface area (Å²) in [6.45, 7) is 3.78. The van der Waals surface area contributed by atoms with Gasteiger partial charge in [0.05, 0.1) is 6.10 Å². The van der Waals surface area contributed by atoms with E-state index in [1.54, 1.807) is 4.90 Å². The molecule has 1 fully saturated rings. The van der Waals surface area contributed by atoms with Crippen LogP contribution in [0.15, 0.2) is 0 Å². The molecule has 2 atom stereocenters. The first-order valence-corrected chi connectivity index (χ1v) is 5.98. The Morgan fingerprint density at radius 1 is 1.56 bits per heavy atom. The summed E-state index contributed by atoms with van der Waals surface area (Å²) in [6, 6.07) is 0. The van der Waals surface area contributed by atoms with Crippen LogP contribution < -0.4 is 5.73 Å². The summed E-state index contributed by atoms with van der Waals surface area (Å²) in [4.78, 5) is 13.8. The lowest BCUT2D eigenvalue weighted by molar-refractivity contribution is -0.142. The van der Waals surface area contributed by atoms with E-state index < -0.39 is 0 Å². The molecule has 1 aliphatic heterocycles. The lowest BCUT2D eigenvalue weighted by Crippen LogP contribution is -2.40. The van der Waals surface area contributed by atoms with Crippen molar-refractivity contribution in [1.29, 1.82) is 0 Å². The van der Waals surface area contributed by atoms with Gasteiger partial charge in [0.15, 0.2) is 0 Å². The number of carbonyl (C=O) groups is 1. The monoisotopic (exact) mass is 230 g/mol. The highest BCUT2D eigenvalue weighted by Gasteiger charge is 2.32. The first kappa shape index (κ1) is 13.4. The average Bonchev–Trinajstić information content (AvgIpc) is 2.78. The number of nitrogens with two attached hydrogens (primary N) is 1. The third-order valence-corrected chi connectivity index (χ3v) is 2.93. The smallest absolute Gasteiger partial charge is 0.251 e. The van der Waals surface area contributed by atoms with Gasteiger partial charge in [0.25, 0.3) is 5.91 Å². The summed E-state index contributed by atoms with van der Waals surface area (Å²) in [5, 5.41) is 8.75. The van der Waals surface area contributed by atoms with Gasteiger partial charge in [-0.2, -0.15) is 0 Å². The minimum Gasteiger partial charge on any atom is -0.396 e. The van der Waals surface area contributed by atoms with Crippen LogP contribution in [0.3, 0.4) is 0 Å². The molecule has 0 saturated carbocycles. The zero-order valence-corrected chi connectivity index (χ0v) is 9.89. The maximum Gasteiger partial charge on any atom is 0.251 e. The van der Waals surface area contributed by atoms with E-state index in [2.05, 4.69) is 0 Å². The molecule has 0 bridgehead atoms. The van der Waals surface area contributed by atoms with Gasteiger partial charge in [-0.05, 0) is 26.2 Å². The predicted octanol–water partition coefficient (Wildman–Crippen LogP) is -0.276. The Labute approximate surface area is 96.6 Å². The van der Waals surface area contributed by atoms with E-state index in [4.69, 9.17) is 15.6 Å². The van der Waals surface area contributed by atoms with Gasteiger partial charge in [-0.3, -0.25) is 4.79 Å². The van der Waals surface area contributed by atoms with E-state index in [0.29, 0.717) is 26.1 Å². The lowest BCUT2D eigenvalue weighted by atomic mass is 10.2. The van der Waals surface area contributed by atoms with Crippen LogP contribution >= 0.6 is 0 Å². The van der Waals surface area contributed by atoms with E-state index >= 15 is 0 Å². The quantitative estimate of drug-likeness (QED) is 0.658. The second-order valence-electron chi connectivity index (χ2n) is 4.05. The van der Waals surface area contributed by atoms with Crippen molar-refractivity contribution in [1.82, 2.24) is 4.90 Å². The highest BCUT2D eigenvalue weighted by atomic mass is 16.5. The molecule has 0 aromatic rings. The third-order valence-electron chi connectivity index (χ3n) is 2.93. The number of rotatable bonds is 6. The molecule has 3 N–H and O–H groups in total. The van der Waals surface area contributed by atoms with Crippen LogP contribution in [0.25, 0.3) is 0 Å². The molecule has 5 nitrogen and oxygen atoms in total. The van der Waals surface area contributed by atoms with Gasteiger partial charge in [-0.15, -0.1) is 0 Å². The summed E-state index contributed by atoms with van der Waals surface area (Å²) in [5.41, 5.74) is 5.50. The second-order valence-corrected chi connectivity index (χ2v) is 4.05. The number of amides is 1. The van der Waals surface area contributed by atoms with Crippen molar-refractivity contribution in [3.05, 3.63) is 0 Å². The fourth-order valence-electron chi connectivity index (χ4n) is 1.95. The zero-order valence-electron chi connectivity index (χ0n) is 9.89. The molecular formula is C11H22N2O3. The van der Waals surface area contributed by atoms with E-state index in [1.807, 2.05) is 6.92 Å². The molecule has 94 valence electrons. The van der Waals surface area contributed by atoms with Crippen LogP contribution in [0.4, 0.5) is 0 Å². The van der Waals surface area contributed by atoms with Crippen molar-refractivity contribution in [3.8, 4) is 0 Å². The predicted molar refractivity (Wildman–Crippen MR) is 60.9 cm³/mol. The molecule has 1 rings (SSSR count). The first-order chi connectivity index (χ1) is 7.72. The molecule has 0 spiro atoms. The minimum absolute atomic E-state index is 0.0329. The Hall–Kier alpha value is -0.650. The van der Waals surface area contributed by atoms with Crippen LogP contribution in [0.5, 0.6) is 0 Å². The van der Waals surface area contributed by atoms with Gasteiger partial charge >= 0.3 is 0 Å². The minimum atomic E-state index is -0.327. The van der Waals surface area contributed by atoms with Crippen LogP contribution in [0, 0.1) is 0 Å². The van der Waals surface area contributed by atoms with Crippen LogP contribution in [0.2, 0.25) is 0 Å². The summed E-state index contributed by atoms with van der Waals surface area (Å²) in [7, 11) is 0. The Morgan fingerprint density at radius 3 is 2.81 bits per heavy atom. The van der Waals surface area contributed by atoms with Gasteiger partial charge < -0.3 is 20.5 Å². The zero-order chi connectivity index (χ0) is 12.0. The largest absolute Gasteiger partial charge is 0.396 e. The van der Waals surface area contributed by atoms with Crippen molar-refractivity contribution < 1.29 is 14.6 Å². The molecule has 1 aliphatic rings. The maximum absolute atomic E-state index is 12.0. The Balaban J connectivity index is 2.42. The van der Waals surface area contributed by atoms with Crippen molar-refractivity contribution in [3.63, 3.8) is 0 Å². The van der Waals surface area contributed by atoms with Crippen molar-refractivity contribution >= 4 is 5.91 Å². The maximum atomic E-state index is 12.0. The van der Waals surface area contributed by atoms with Gasteiger partial charge in [0.2, 0.25) is 0 Å². The van der Waals surface area contributed by atoms with Gasteiger partial charge in [0.1, 0.15) is 6.10 Å². The van der Waals surface area contributed by atoms with E-state index in [9.17, 15) is 4.79 Å². The Bertz CT molecular complexity index is 219. The van der Waals surface area contributed by atoms with Crippen LogP contribution in [0.1, 0.15) is 26.2 Å². The standard InChI is InChI=1S/C11H22N2O3/c1-2-13(6-3-7-14)11(15)10-5-4-9(8-12)16-10/h9-10,14H,2-8,12H2,1H3. The first-order valence-electron chi connectivity index (χ1n) is 5.98. The summed E-state index contributed by atoms with van der Waals surface area (Å²) in [6.07, 6.45) is 1.95. The number of hydrogen-bond acceptors (Lipinski definition) is 4. The third kappa shape index (κ3) is 3.43. The fraction of sp³-hybridized carbons (Fsp3) is 0.909.